The summed E-state index contributed by atoms with van der Waals surface area (Å²) in [5.41, 5.74) is 11.0. The van der Waals surface area contributed by atoms with Crippen molar-refractivity contribution in [1.82, 2.24) is 0 Å². The SMILES string of the molecule is Nc1ccc(N(c2ccccc2)c2ccc(NC(=O)c3ccccc3)cc2)cc1. The minimum Gasteiger partial charge on any atom is -0.399 e. The van der Waals surface area contributed by atoms with Gasteiger partial charge in [-0.25, -0.2) is 0 Å². The fourth-order valence-electron chi connectivity index (χ4n) is 3.13. The van der Waals surface area contributed by atoms with Gasteiger partial charge in [-0.15, -0.1) is 0 Å². The zero-order valence-corrected chi connectivity index (χ0v) is 15.8. The van der Waals surface area contributed by atoms with Gasteiger partial charge in [-0.3, -0.25) is 4.79 Å². The molecule has 4 aromatic rings. The van der Waals surface area contributed by atoms with E-state index >= 15 is 0 Å². The van der Waals surface area contributed by atoms with Crippen molar-refractivity contribution < 1.29 is 4.79 Å². The first-order chi connectivity index (χ1) is 14.2. The average Bonchev–Trinajstić information content (AvgIpc) is 2.78. The van der Waals surface area contributed by atoms with Gasteiger partial charge < -0.3 is 16.0 Å². The van der Waals surface area contributed by atoms with Gasteiger partial charge in [-0.05, 0) is 72.8 Å². The van der Waals surface area contributed by atoms with Crippen LogP contribution in [0.1, 0.15) is 10.4 Å². The molecule has 4 rings (SSSR count). The summed E-state index contributed by atoms with van der Waals surface area (Å²) in [5, 5.41) is 2.94. The van der Waals surface area contributed by atoms with Crippen LogP contribution in [0, 0.1) is 0 Å². The topological polar surface area (TPSA) is 58.4 Å². The number of benzene rings is 4. The molecule has 4 aromatic carbocycles. The van der Waals surface area contributed by atoms with E-state index in [-0.39, 0.29) is 5.91 Å². The Kier molecular flexibility index (Phi) is 5.25. The van der Waals surface area contributed by atoms with Gasteiger partial charge in [0, 0.05) is 34.0 Å². The van der Waals surface area contributed by atoms with Crippen molar-refractivity contribution in [1.29, 1.82) is 0 Å². The number of carbonyl (C=O) groups excluding carboxylic acids is 1. The standard InChI is InChI=1S/C25H21N3O/c26-20-11-15-23(16-12-20)28(22-9-5-2-6-10-22)24-17-13-21(14-18-24)27-25(29)19-7-3-1-4-8-19/h1-18H,26H2,(H,27,29). The van der Waals surface area contributed by atoms with Gasteiger partial charge in [0.1, 0.15) is 0 Å². The lowest BCUT2D eigenvalue weighted by atomic mass is 10.1. The van der Waals surface area contributed by atoms with E-state index in [0.717, 1.165) is 28.4 Å². The van der Waals surface area contributed by atoms with Gasteiger partial charge in [0.25, 0.3) is 5.91 Å². The molecule has 4 nitrogen and oxygen atoms in total. The average molecular weight is 379 g/mol. The van der Waals surface area contributed by atoms with E-state index in [4.69, 9.17) is 5.73 Å². The Balaban J connectivity index is 1.62. The van der Waals surface area contributed by atoms with Crippen molar-refractivity contribution in [3.63, 3.8) is 0 Å². The van der Waals surface area contributed by atoms with Crippen molar-refractivity contribution in [2.45, 2.75) is 0 Å². The van der Waals surface area contributed by atoms with Gasteiger partial charge in [0.15, 0.2) is 0 Å². The molecule has 0 aliphatic heterocycles. The van der Waals surface area contributed by atoms with Crippen molar-refractivity contribution in [2.75, 3.05) is 16.0 Å². The molecule has 0 aromatic heterocycles. The Morgan fingerprint density at radius 3 is 1.69 bits per heavy atom. The summed E-state index contributed by atoms with van der Waals surface area (Å²) in [6.07, 6.45) is 0. The van der Waals surface area contributed by atoms with Crippen LogP contribution in [0.15, 0.2) is 109 Å². The summed E-state index contributed by atoms with van der Waals surface area (Å²) >= 11 is 0. The first kappa shape index (κ1) is 18.3. The van der Waals surface area contributed by atoms with E-state index < -0.39 is 0 Å². The van der Waals surface area contributed by atoms with E-state index in [1.54, 1.807) is 12.1 Å². The molecule has 0 aliphatic rings. The molecule has 0 saturated heterocycles. The van der Waals surface area contributed by atoms with Crippen LogP contribution in [0.3, 0.4) is 0 Å². The highest BCUT2D eigenvalue weighted by atomic mass is 16.1. The lowest BCUT2D eigenvalue weighted by molar-refractivity contribution is 0.102. The van der Waals surface area contributed by atoms with E-state index in [2.05, 4.69) is 22.3 Å². The van der Waals surface area contributed by atoms with Crippen molar-refractivity contribution in [2.24, 2.45) is 0 Å². The van der Waals surface area contributed by atoms with Gasteiger partial charge >= 0.3 is 0 Å². The maximum Gasteiger partial charge on any atom is 0.255 e. The second-order valence-corrected chi connectivity index (χ2v) is 6.63. The minimum absolute atomic E-state index is 0.128. The Bertz CT molecular complexity index is 1080. The van der Waals surface area contributed by atoms with Crippen LogP contribution in [-0.2, 0) is 0 Å². The van der Waals surface area contributed by atoms with Crippen LogP contribution in [0.2, 0.25) is 0 Å². The third-order valence-electron chi connectivity index (χ3n) is 4.59. The Morgan fingerprint density at radius 2 is 1.10 bits per heavy atom. The molecule has 142 valence electrons. The number of anilines is 5. The molecule has 0 atom stereocenters. The molecule has 29 heavy (non-hydrogen) atoms. The third kappa shape index (κ3) is 4.28. The highest BCUT2D eigenvalue weighted by Crippen LogP contribution is 2.35. The number of nitrogen functional groups attached to an aromatic ring is 1. The van der Waals surface area contributed by atoms with E-state index in [9.17, 15) is 4.79 Å². The number of hydrogen-bond donors (Lipinski definition) is 2. The Labute approximate surface area is 170 Å². The van der Waals surface area contributed by atoms with Crippen LogP contribution >= 0.6 is 0 Å². The zero-order chi connectivity index (χ0) is 20.1. The minimum atomic E-state index is -0.128. The number of nitrogens with zero attached hydrogens (tertiary/aromatic N) is 1. The molecule has 0 aliphatic carbocycles. The summed E-state index contributed by atoms with van der Waals surface area (Å²) in [4.78, 5) is 14.5. The highest BCUT2D eigenvalue weighted by molar-refractivity contribution is 6.04. The number of amides is 1. The van der Waals surface area contributed by atoms with Gasteiger partial charge in [-0.1, -0.05) is 36.4 Å². The van der Waals surface area contributed by atoms with Crippen molar-refractivity contribution >= 4 is 34.3 Å². The monoisotopic (exact) mass is 379 g/mol. The van der Waals surface area contributed by atoms with Crippen LogP contribution < -0.4 is 16.0 Å². The van der Waals surface area contributed by atoms with Gasteiger partial charge in [-0.2, -0.15) is 0 Å². The third-order valence-corrected chi connectivity index (χ3v) is 4.59. The lowest BCUT2D eigenvalue weighted by Gasteiger charge is -2.25. The predicted octanol–water partition coefficient (Wildman–Crippen LogP) is 5.99. The first-order valence-corrected chi connectivity index (χ1v) is 9.38. The van der Waals surface area contributed by atoms with Crippen LogP contribution in [0.25, 0.3) is 0 Å². The molecular formula is C25H21N3O. The molecule has 3 N–H and O–H groups in total. The van der Waals surface area contributed by atoms with Gasteiger partial charge in [0.2, 0.25) is 0 Å². The quantitative estimate of drug-likeness (QED) is 0.419. The molecule has 0 saturated carbocycles. The molecule has 0 bridgehead atoms. The molecule has 0 unspecified atom stereocenters. The molecule has 0 fully saturated rings. The maximum absolute atomic E-state index is 12.4. The molecule has 0 radical (unpaired) electrons. The predicted molar refractivity (Wildman–Crippen MR) is 120 cm³/mol. The normalized spacial score (nSPS) is 10.3. The lowest BCUT2D eigenvalue weighted by Crippen LogP contribution is -2.12. The fourth-order valence-corrected chi connectivity index (χ4v) is 3.13. The summed E-state index contributed by atoms with van der Waals surface area (Å²) in [7, 11) is 0. The number of hydrogen-bond acceptors (Lipinski definition) is 3. The first-order valence-electron chi connectivity index (χ1n) is 9.38. The summed E-state index contributed by atoms with van der Waals surface area (Å²) < 4.78 is 0. The number of para-hydroxylation sites is 1. The maximum atomic E-state index is 12.4. The molecule has 0 spiro atoms. The summed E-state index contributed by atoms with van der Waals surface area (Å²) in [6, 6.07) is 34.9. The second-order valence-electron chi connectivity index (χ2n) is 6.63. The summed E-state index contributed by atoms with van der Waals surface area (Å²) in [6.45, 7) is 0. The fraction of sp³-hybridized carbons (Fsp3) is 0. The number of carbonyl (C=O) groups is 1. The van der Waals surface area contributed by atoms with Crippen LogP contribution in [0.4, 0.5) is 28.4 Å². The van der Waals surface area contributed by atoms with E-state index in [1.807, 2.05) is 84.9 Å². The van der Waals surface area contributed by atoms with Crippen LogP contribution in [-0.4, -0.2) is 5.91 Å². The second kappa shape index (κ2) is 8.31. The van der Waals surface area contributed by atoms with Gasteiger partial charge in [0.05, 0.1) is 0 Å². The molecule has 1 amide bonds. The van der Waals surface area contributed by atoms with E-state index in [1.165, 1.54) is 0 Å². The Hall–Kier alpha value is -4.05. The highest BCUT2D eigenvalue weighted by Gasteiger charge is 2.12. The zero-order valence-electron chi connectivity index (χ0n) is 15.8. The number of nitrogens with one attached hydrogen (secondary N) is 1. The van der Waals surface area contributed by atoms with E-state index in [0.29, 0.717) is 5.56 Å². The smallest absolute Gasteiger partial charge is 0.255 e. The van der Waals surface area contributed by atoms with Crippen LogP contribution in [0.5, 0.6) is 0 Å². The van der Waals surface area contributed by atoms with Crippen molar-refractivity contribution in [3.05, 3.63) is 115 Å². The number of nitrogens with two attached hydrogens (primary N) is 1. The Morgan fingerprint density at radius 1 is 0.621 bits per heavy atom. The molecule has 0 heterocycles. The van der Waals surface area contributed by atoms with Crippen molar-refractivity contribution in [3.8, 4) is 0 Å². The molecule has 4 heteroatoms. The summed E-state index contributed by atoms with van der Waals surface area (Å²) in [5.74, 6) is -0.128. The molecular weight excluding hydrogens is 358 g/mol. The number of rotatable bonds is 5. The largest absolute Gasteiger partial charge is 0.399 e.